The normalized spacial score (nSPS) is 11.3. The van der Waals surface area contributed by atoms with Crippen LogP contribution in [0.5, 0.6) is 34.5 Å². The van der Waals surface area contributed by atoms with E-state index in [1.807, 2.05) is 18.2 Å². The summed E-state index contributed by atoms with van der Waals surface area (Å²) < 4.78 is 18.1. The van der Waals surface area contributed by atoms with Crippen LogP contribution in [0.2, 0.25) is 0 Å². The molecule has 3 aromatic carbocycles. The maximum atomic E-state index is 11.3. The van der Waals surface area contributed by atoms with Gasteiger partial charge in [-0.25, -0.2) is 15.0 Å². The first kappa shape index (κ1) is 54.1. The van der Waals surface area contributed by atoms with Crippen molar-refractivity contribution in [3.8, 4) is 68.7 Å². The van der Waals surface area contributed by atoms with E-state index in [2.05, 4.69) is 20.8 Å². The molecule has 0 bridgehead atoms. The Bertz CT molecular complexity index is 1660. The van der Waals surface area contributed by atoms with Crippen LogP contribution in [0.25, 0.3) is 34.2 Å². The average Bonchev–Trinajstić information content (AvgIpc) is 3.31. The molecule has 366 valence electrons. The van der Waals surface area contributed by atoms with Crippen molar-refractivity contribution >= 4 is 0 Å². The quantitative estimate of drug-likeness (QED) is 0.0375. The van der Waals surface area contributed by atoms with Crippen molar-refractivity contribution in [1.82, 2.24) is 15.0 Å². The summed E-state index contributed by atoms with van der Waals surface area (Å²) in [4.78, 5) is 14.3. The summed E-state index contributed by atoms with van der Waals surface area (Å²) >= 11 is 0. The highest BCUT2D eigenvalue weighted by molar-refractivity contribution is 5.74. The number of unbranched alkanes of at least 4 members (excludes halogenated alkanes) is 27. The maximum Gasteiger partial charge on any atom is 0.167 e. The van der Waals surface area contributed by atoms with E-state index in [-0.39, 0.29) is 34.7 Å². The van der Waals surface area contributed by atoms with E-state index in [0.717, 1.165) is 38.5 Å². The summed E-state index contributed by atoms with van der Waals surface area (Å²) in [5.74, 6) is 2.15. The molecule has 0 aliphatic heterocycles. The van der Waals surface area contributed by atoms with Crippen molar-refractivity contribution in [1.29, 1.82) is 0 Å². The predicted molar refractivity (Wildman–Crippen MR) is 273 cm³/mol. The number of benzene rings is 3. The lowest BCUT2D eigenvalue weighted by atomic mass is 10.1. The van der Waals surface area contributed by atoms with Crippen molar-refractivity contribution in [2.24, 2.45) is 0 Å². The molecule has 0 aliphatic carbocycles. The molecular weight excluding hydrogens is 823 g/mol. The Hall–Kier alpha value is -4.53. The lowest BCUT2D eigenvalue weighted by molar-refractivity contribution is 0.302. The molecule has 0 atom stereocenters. The highest BCUT2D eigenvalue weighted by atomic mass is 16.5. The maximum absolute atomic E-state index is 11.3. The topological polar surface area (TPSA) is 127 Å². The van der Waals surface area contributed by atoms with Gasteiger partial charge < -0.3 is 29.5 Å². The zero-order chi connectivity index (χ0) is 46.9. The number of phenols is 3. The summed E-state index contributed by atoms with van der Waals surface area (Å²) in [5.41, 5.74) is 1.12. The van der Waals surface area contributed by atoms with Crippen LogP contribution >= 0.6 is 0 Å². The molecular formula is C57H87N3O6. The summed E-state index contributed by atoms with van der Waals surface area (Å²) in [6, 6.07) is 15.4. The smallest absolute Gasteiger partial charge is 0.167 e. The molecule has 4 rings (SSSR count). The molecule has 0 saturated heterocycles. The summed E-state index contributed by atoms with van der Waals surface area (Å²) in [6.07, 6.45) is 37.5. The molecule has 0 fully saturated rings. The fourth-order valence-electron chi connectivity index (χ4n) is 8.45. The molecule has 9 heteroatoms. The molecule has 66 heavy (non-hydrogen) atoms. The third-order valence-corrected chi connectivity index (χ3v) is 12.6. The van der Waals surface area contributed by atoms with E-state index in [0.29, 0.717) is 53.8 Å². The highest BCUT2D eigenvalue weighted by Crippen LogP contribution is 2.38. The lowest BCUT2D eigenvalue weighted by Gasteiger charge is -2.13. The van der Waals surface area contributed by atoms with E-state index >= 15 is 0 Å². The molecule has 1 aromatic heterocycles. The van der Waals surface area contributed by atoms with E-state index in [1.54, 1.807) is 36.4 Å². The zero-order valence-corrected chi connectivity index (χ0v) is 41.4. The third kappa shape index (κ3) is 21.4. The molecule has 4 aromatic rings. The fourth-order valence-corrected chi connectivity index (χ4v) is 8.45. The first-order chi connectivity index (χ1) is 32.4. The minimum absolute atomic E-state index is 0.0430. The Morgan fingerprint density at radius 3 is 0.727 bits per heavy atom. The molecule has 0 saturated carbocycles. The van der Waals surface area contributed by atoms with Crippen LogP contribution < -0.4 is 14.2 Å². The van der Waals surface area contributed by atoms with Crippen molar-refractivity contribution in [2.45, 2.75) is 213 Å². The Morgan fingerprint density at radius 1 is 0.303 bits per heavy atom. The van der Waals surface area contributed by atoms with Crippen molar-refractivity contribution in [2.75, 3.05) is 19.8 Å². The van der Waals surface area contributed by atoms with Crippen LogP contribution in [0.1, 0.15) is 213 Å². The summed E-state index contributed by atoms with van der Waals surface area (Å²) in [5, 5.41) is 34.0. The first-order valence-electron chi connectivity index (χ1n) is 26.6. The van der Waals surface area contributed by atoms with Gasteiger partial charge in [0.2, 0.25) is 0 Å². The van der Waals surface area contributed by atoms with Gasteiger partial charge in [-0.1, -0.05) is 194 Å². The molecule has 0 radical (unpaired) electrons. The molecule has 0 amide bonds. The lowest BCUT2D eigenvalue weighted by Crippen LogP contribution is -2.02. The standard InChI is InChI=1S/C57H87N3O6/c1-4-7-10-13-16-19-22-25-28-31-40-64-46-34-37-49(52(61)43-46)55-58-56(50-38-35-47(44-53(50)62)65-41-32-29-26-23-20-17-14-11-8-5-2)60-57(59-55)51-39-36-48(45-54(51)63)66-42-33-30-27-24-21-18-15-12-9-6-3/h34-39,43-45,61-63H,4-33,40-42H2,1-3H3. The largest absolute Gasteiger partial charge is 0.507 e. The van der Waals surface area contributed by atoms with Gasteiger partial charge in [0, 0.05) is 18.2 Å². The van der Waals surface area contributed by atoms with Gasteiger partial charge in [0.1, 0.15) is 34.5 Å². The van der Waals surface area contributed by atoms with Crippen molar-refractivity contribution in [3.05, 3.63) is 54.6 Å². The minimum Gasteiger partial charge on any atom is -0.507 e. The Labute approximate surface area is 399 Å². The molecule has 0 aliphatic rings. The number of hydrogen-bond donors (Lipinski definition) is 3. The summed E-state index contributed by atoms with van der Waals surface area (Å²) in [6.45, 7) is 8.49. The second-order valence-corrected chi connectivity index (χ2v) is 18.4. The second kappa shape index (κ2) is 33.9. The molecule has 0 spiro atoms. The van der Waals surface area contributed by atoms with Crippen molar-refractivity contribution < 1.29 is 29.5 Å². The van der Waals surface area contributed by atoms with Gasteiger partial charge in [0.25, 0.3) is 0 Å². The van der Waals surface area contributed by atoms with Gasteiger partial charge in [-0.2, -0.15) is 0 Å². The van der Waals surface area contributed by atoms with Crippen molar-refractivity contribution in [3.63, 3.8) is 0 Å². The Kier molecular flexibility index (Phi) is 27.7. The van der Waals surface area contributed by atoms with Crippen LogP contribution in [0, 0.1) is 0 Å². The van der Waals surface area contributed by atoms with E-state index in [1.165, 1.54) is 154 Å². The zero-order valence-electron chi connectivity index (χ0n) is 41.4. The SMILES string of the molecule is CCCCCCCCCCCCOc1ccc(-c2nc(-c3ccc(OCCCCCCCCCCCC)cc3O)nc(-c3ccc(OCCCCCCCCCCCC)cc3O)n2)c(O)c1. The van der Waals surface area contributed by atoms with Crippen LogP contribution in [-0.4, -0.2) is 50.1 Å². The van der Waals surface area contributed by atoms with Crippen LogP contribution in [0.3, 0.4) is 0 Å². The van der Waals surface area contributed by atoms with Gasteiger partial charge in [-0.3, -0.25) is 0 Å². The number of phenolic OH excluding ortho intramolecular Hbond substituents is 3. The van der Waals surface area contributed by atoms with E-state index < -0.39 is 0 Å². The fraction of sp³-hybridized carbons (Fsp3) is 0.632. The summed E-state index contributed by atoms with van der Waals surface area (Å²) in [7, 11) is 0. The first-order valence-corrected chi connectivity index (χ1v) is 26.6. The highest BCUT2D eigenvalue weighted by Gasteiger charge is 2.19. The van der Waals surface area contributed by atoms with Crippen LogP contribution in [0.15, 0.2) is 54.6 Å². The number of rotatable bonds is 39. The van der Waals surface area contributed by atoms with Gasteiger partial charge in [0.05, 0.1) is 36.5 Å². The van der Waals surface area contributed by atoms with Gasteiger partial charge in [-0.05, 0) is 55.7 Å². The van der Waals surface area contributed by atoms with E-state index in [9.17, 15) is 15.3 Å². The van der Waals surface area contributed by atoms with E-state index in [4.69, 9.17) is 29.2 Å². The monoisotopic (exact) mass is 910 g/mol. The number of hydrogen-bond acceptors (Lipinski definition) is 9. The van der Waals surface area contributed by atoms with Crippen LogP contribution in [-0.2, 0) is 0 Å². The Balaban J connectivity index is 1.40. The molecule has 9 nitrogen and oxygen atoms in total. The predicted octanol–water partition coefficient (Wildman–Crippen LogP) is 16.9. The minimum atomic E-state index is -0.0430. The number of ether oxygens (including phenoxy) is 3. The third-order valence-electron chi connectivity index (χ3n) is 12.6. The van der Waals surface area contributed by atoms with Gasteiger partial charge in [-0.15, -0.1) is 0 Å². The van der Waals surface area contributed by atoms with Gasteiger partial charge >= 0.3 is 0 Å². The molecule has 1 heterocycles. The molecule has 3 N–H and O–H groups in total. The average molecular weight is 910 g/mol. The Morgan fingerprint density at radius 2 is 0.515 bits per heavy atom. The second-order valence-electron chi connectivity index (χ2n) is 18.4. The van der Waals surface area contributed by atoms with Crippen LogP contribution in [0.4, 0.5) is 0 Å². The number of aromatic hydroxyl groups is 3. The number of nitrogens with zero attached hydrogens (tertiary/aromatic N) is 3. The number of aromatic nitrogens is 3. The molecule has 0 unspecified atom stereocenters. The van der Waals surface area contributed by atoms with Gasteiger partial charge in [0.15, 0.2) is 17.5 Å².